The second-order valence-electron chi connectivity index (χ2n) is 5.30. The number of halogens is 1. The van der Waals surface area contributed by atoms with Crippen molar-refractivity contribution in [3.8, 4) is 0 Å². The Bertz CT molecular complexity index is 663. The minimum Gasteiger partial charge on any atom is -0.443 e. The number of carbonyl (C=O) groups is 1. The molecular formula is C12H14BClN2O4. The molecule has 0 saturated heterocycles. The summed E-state index contributed by atoms with van der Waals surface area (Å²) >= 11 is 5.99. The quantitative estimate of drug-likeness (QED) is 0.609. The zero-order valence-electron chi connectivity index (χ0n) is 11.3. The smallest absolute Gasteiger partial charge is 0.443 e. The Morgan fingerprint density at radius 1 is 1.45 bits per heavy atom. The molecule has 6 nitrogen and oxygen atoms in total. The fourth-order valence-corrected chi connectivity index (χ4v) is 2.08. The van der Waals surface area contributed by atoms with Crippen molar-refractivity contribution in [1.82, 2.24) is 9.55 Å². The number of pyridine rings is 1. The van der Waals surface area contributed by atoms with Crippen LogP contribution in [0.1, 0.15) is 20.8 Å². The van der Waals surface area contributed by atoms with E-state index in [1.54, 1.807) is 26.8 Å². The van der Waals surface area contributed by atoms with Gasteiger partial charge < -0.3 is 14.8 Å². The lowest BCUT2D eigenvalue weighted by atomic mass is 9.86. The standard InChI is InChI=1S/C12H14BClN2O4/c1-12(2,3)20-11(17)16-8(13(18)19)6-7-4-5-15-10(14)9(7)16/h4-6,18-19H,1-3H3. The first-order valence-electron chi connectivity index (χ1n) is 5.96. The van der Waals surface area contributed by atoms with E-state index in [2.05, 4.69) is 4.98 Å². The van der Waals surface area contributed by atoms with Crippen molar-refractivity contribution >= 4 is 41.3 Å². The number of hydrogen-bond donors (Lipinski definition) is 2. The Kier molecular flexibility index (Phi) is 3.77. The molecule has 2 heterocycles. The van der Waals surface area contributed by atoms with Crippen molar-refractivity contribution in [2.24, 2.45) is 0 Å². The predicted molar refractivity (Wildman–Crippen MR) is 76.2 cm³/mol. The summed E-state index contributed by atoms with van der Waals surface area (Å²) in [6.45, 7) is 5.14. The molecule has 8 heteroatoms. The van der Waals surface area contributed by atoms with Crippen LogP contribution in [-0.4, -0.2) is 38.4 Å². The van der Waals surface area contributed by atoms with Gasteiger partial charge in [-0.15, -0.1) is 0 Å². The highest BCUT2D eigenvalue weighted by Crippen LogP contribution is 2.22. The maximum Gasteiger partial charge on any atom is 0.506 e. The average molecular weight is 297 g/mol. The van der Waals surface area contributed by atoms with Gasteiger partial charge in [0, 0.05) is 11.6 Å². The lowest BCUT2D eigenvalue weighted by Crippen LogP contribution is -2.41. The molecule has 0 spiro atoms. The van der Waals surface area contributed by atoms with Crippen molar-refractivity contribution in [2.45, 2.75) is 26.4 Å². The van der Waals surface area contributed by atoms with Gasteiger partial charge in [-0.3, -0.25) is 0 Å². The maximum absolute atomic E-state index is 12.2. The van der Waals surface area contributed by atoms with Gasteiger partial charge in [0.2, 0.25) is 0 Å². The van der Waals surface area contributed by atoms with Crippen molar-refractivity contribution in [3.05, 3.63) is 23.5 Å². The van der Waals surface area contributed by atoms with Gasteiger partial charge in [0.15, 0.2) is 5.15 Å². The Hall–Kier alpha value is -1.57. The largest absolute Gasteiger partial charge is 0.506 e. The number of carbonyl (C=O) groups excluding carboxylic acids is 1. The third-order valence-corrected chi connectivity index (χ3v) is 2.81. The lowest BCUT2D eigenvalue weighted by molar-refractivity contribution is 0.0547. The number of hydrogen-bond acceptors (Lipinski definition) is 5. The van der Waals surface area contributed by atoms with E-state index in [0.29, 0.717) is 5.39 Å². The molecule has 0 bridgehead atoms. The minimum absolute atomic E-state index is 0.0239. The topological polar surface area (TPSA) is 84.6 Å². The third-order valence-electron chi connectivity index (χ3n) is 2.54. The zero-order valence-corrected chi connectivity index (χ0v) is 12.0. The molecule has 0 aliphatic rings. The van der Waals surface area contributed by atoms with E-state index < -0.39 is 18.8 Å². The first-order chi connectivity index (χ1) is 9.20. The Balaban J connectivity index is 2.65. The van der Waals surface area contributed by atoms with Crippen LogP contribution < -0.4 is 5.59 Å². The van der Waals surface area contributed by atoms with Crippen molar-refractivity contribution < 1.29 is 19.6 Å². The second kappa shape index (κ2) is 5.08. The normalized spacial score (nSPS) is 11.7. The first kappa shape index (κ1) is 14.8. The molecule has 2 N–H and O–H groups in total. The summed E-state index contributed by atoms with van der Waals surface area (Å²) in [6.07, 6.45) is 0.725. The highest BCUT2D eigenvalue weighted by atomic mass is 35.5. The lowest BCUT2D eigenvalue weighted by Gasteiger charge is -2.21. The van der Waals surface area contributed by atoms with Crippen LogP contribution in [0.25, 0.3) is 10.9 Å². The molecule has 0 unspecified atom stereocenters. The molecule has 106 valence electrons. The van der Waals surface area contributed by atoms with E-state index in [1.807, 2.05) is 0 Å². The first-order valence-corrected chi connectivity index (χ1v) is 6.34. The van der Waals surface area contributed by atoms with Crippen LogP contribution in [0.2, 0.25) is 5.15 Å². The molecule has 0 aliphatic carbocycles. The van der Waals surface area contributed by atoms with Gasteiger partial charge in [-0.05, 0) is 32.9 Å². The van der Waals surface area contributed by atoms with E-state index in [0.717, 1.165) is 4.57 Å². The highest BCUT2D eigenvalue weighted by molar-refractivity contribution is 6.59. The van der Waals surface area contributed by atoms with E-state index in [4.69, 9.17) is 16.3 Å². The molecular weight excluding hydrogens is 282 g/mol. The molecule has 0 atom stereocenters. The van der Waals surface area contributed by atoms with Crippen molar-refractivity contribution in [2.75, 3.05) is 0 Å². The maximum atomic E-state index is 12.2. The third kappa shape index (κ3) is 2.79. The van der Waals surface area contributed by atoms with Crippen LogP contribution in [0.5, 0.6) is 0 Å². The number of ether oxygens (including phenoxy) is 1. The van der Waals surface area contributed by atoms with E-state index in [-0.39, 0.29) is 16.3 Å². The van der Waals surface area contributed by atoms with Crippen LogP contribution in [0.15, 0.2) is 18.3 Å². The summed E-state index contributed by atoms with van der Waals surface area (Å²) in [4.78, 5) is 16.1. The Morgan fingerprint density at radius 3 is 2.65 bits per heavy atom. The van der Waals surface area contributed by atoms with Crippen molar-refractivity contribution in [1.29, 1.82) is 0 Å². The van der Waals surface area contributed by atoms with Crippen LogP contribution in [0.3, 0.4) is 0 Å². The number of fused-ring (bicyclic) bond motifs is 1. The molecule has 0 radical (unpaired) electrons. The minimum atomic E-state index is -1.83. The number of rotatable bonds is 1. The van der Waals surface area contributed by atoms with Crippen LogP contribution in [0, 0.1) is 0 Å². The van der Waals surface area contributed by atoms with E-state index in [1.165, 1.54) is 12.3 Å². The van der Waals surface area contributed by atoms with Gasteiger partial charge in [0.1, 0.15) is 5.60 Å². The van der Waals surface area contributed by atoms with Crippen LogP contribution in [0.4, 0.5) is 4.79 Å². The van der Waals surface area contributed by atoms with Gasteiger partial charge in [0.05, 0.1) is 11.1 Å². The zero-order chi connectivity index (χ0) is 15.1. The van der Waals surface area contributed by atoms with Crippen LogP contribution >= 0.6 is 11.6 Å². The van der Waals surface area contributed by atoms with Gasteiger partial charge in [-0.1, -0.05) is 11.6 Å². The Labute approximate surface area is 121 Å². The number of aromatic nitrogens is 2. The molecule has 0 saturated carbocycles. The van der Waals surface area contributed by atoms with Gasteiger partial charge in [-0.25, -0.2) is 14.3 Å². The molecule has 0 amide bonds. The van der Waals surface area contributed by atoms with Gasteiger partial charge in [0.25, 0.3) is 0 Å². The van der Waals surface area contributed by atoms with Crippen molar-refractivity contribution in [3.63, 3.8) is 0 Å². The fourth-order valence-electron chi connectivity index (χ4n) is 1.83. The molecule has 0 fully saturated rings. The predicted octanol–water partition coefficient (Wildman–Crippen LogP) is 1.15. The van der Waals surface area contributed by atoms with Gasteiger partial charge >= 0.3 is 13.2 Å². The van der Waals surface area contributed by atoms with E-state index >= 15 is 0 Å². The molecule has 0 aliphatic heterocycles. The summed E-state index contributed by atoms with van der Waals surface area (Å²) in [5, 5.41) is 19.5. The summed E-state index contributed by atoms with van der Waals surface area (Å²) in [5.41, 5.74) is -0.462. The molecule has 20 heavy (non-hydrogen) atoms. The van der Waals surface area contributed by atoms with E-state index in [9.17, 15) is 14.8 Å². The molecule has 2 aromatic rings. The number of nitrogens with zero attached hydrogens (tertiary/aromatic N) is 2. The second-order valence-corrected chi connectivity index (χ2v) is 5.66. The summed E-state index contributed by atoms with van der Waals surface area (Å²) in [5.74, 6) is 0. The molecule has 0 aromatic carbocycles. The highest BCUT2D eigenvalue weighted by Gasteiger charge is 2.28. The summed E-state index contributed by atoms with van der Waals surface area (Å²) < 4.78 is 6.28. The van der Waals surface area contributed by atoms with Gasteiger partial charge in [-0.2, -0.15) is 0 Å². The molecule has 2 aromatic heterocycles. The summed E-state index contributed by atoms with van der Waals surface area (Å²) in [6, 6.07) is 3.07. The monoisotopic (exact) mass is 296 g/mol. The average Bonchev–Trinajstić information content (AvgIpc) is 2.67. The summed E-state index contributed by atoms with van der Waals surface area (Å²) in [7, 11) is -1.83. The fraction of sp³-hybridized carbons (Fsp3) is 0.333. The SMILES string of the molecule is CC(C)(C)OC(=O)n1c(B(O)O)cc2ccnc(Cl)c21. The Morgan fingerprint density at radius 2 is 2.10 bits per heavy atom. The van der Waals surface area contributed by atoms with Crippen LogP contribution in [-0.2, 0) is 4.74 Å². The molecule has 2 rings (SSSR count).